The minimum Gasteiger partial charge on any atom is -0.478 e. The van der Waals surface area contributed by atoms with E-state index < -0.39 is 17.3 Å². The van der Waals surface area contributed by atoms with Crippen LogP contribution in [0.3, 0.4) is 0 Å². The van der Waals surface area contributed by atoms with Gasteiger partial charge in [0.1, 0.15) is 11.6 Å². The van der Waals surface area contributed by atoms with Crippen LogP contribution in [0.5, 0.6) is 0 Å². The number of halogens is 3. The lowest BCUT2D eigenvalue weighted by atomic mass is 10.1. The van der Waals surface area contributed by atoms with Crippen LogP contribution >= 0.6 is 15.9 Å². The Balaban J connectivity index is 2.17. The van der Waals surface area contributed by atoms with E-state index in [0.717, 1.165) is 10.5 Å². The standard InChI is InChI=1S/C14H10BrF2NO2/c15-9-1-3-12(16)8(5-9)7-18-10-2-4-13(17)11(6-10)14(19)20/h1-6,18H,7H2,(H,19,20). The van der Waals surface area contributed by atoms with E-state index in [4.69, 9.17) is 5.11 Å². The molecular formula is C14H10BrF2NO2. The van der Waals surface area contributed by atoms with Crippen LogP contribution in [-0.4, -0.2) is 11.1 Å². The molecule has 0 bridgehead atoms. The number of rotatable bonds is 4. The summed E-state index contributed by atoms with van der Waals surface area (Å²) in [5.74, 6) is -2.53. The highest BCUT2D eigenvalue weighted by atomic mass is 79.9. The Kier molecular flexibility index (Phi) is 4.34. The molecule has 0 fully saturated rings. The van der Waals surface area contributed by atoms with Crippen LogP contribution in [-0.2, 0) is 6.54 Å². The maximum absolute atomic E-state index is 13.5. The Labute approximate surface area is 122 Å². The number of benzene rings is 2. The topological polar surface area (TPSA) is 49.3 Å². The van der Waals surface area contributed by atoms with Crippen molar-refractivity contribution in [3.8, 4) is 0 Å². The molecule has 104 valence electrons. The van der Waals surface area contributed by atoms with E-state index >= 15 is 0 Å². The maximum atomic E-state index is 13.5. The third-order valence-corrected chi connectivity index (χ3v) is 3.18. The fourth-order valence-corrected chi connectivity index (χ4v) is 2.08. The number of anilines is 1. The van der Waals surface area contributed by atoms with Crippen LogP contribution in [0, 0.1) is 11.6 Å². The number of aromatic carboxylic acids is 1. The molecule has 0 saturated heterocycles. The fraction of sp³-hybridized carbons (Fsp3) is 0.0714. The number of carboxylic acid groups (broad SMARTS) is 1. The molecule has 0 spiro atoms. The van der Waals surface area contributed by atoms with Crippen molar-refractivity contribution >= 4 is 27.6 Å². The first-order valence-electron chi connectivity index (χ1n) is 5.68. The van der Waals surface area contributed by atoms with Crippen molar-refractivity contribution in [2.75, 3.05) is 5.32 Å². The van der Waals surface area contributed by atoms with Crippen molar-refractivity contribution in [2.45, 2.75) is 6.54 Å². The lowest BCUT2D eigenvalue weighted by molar-refractivity contribution is 0.0692. The molecule has 0 unspecified atom stereocenters. The van der Waals surface area contributed by atoms with Gasteiger partial charge in [-0.1, -0.05) is 15.9 Å². The molecule has 0 aliphatic carbocycles. The van der Waals surface area contributed by atoms with Gasteiger partial charge in [-0.2, -0.15) is 0 Å². The Morgan fingerprint density at radius 3 is 2.55 bits per heavy atom. The van der Waals surface area contributed by atoms with Crippen molar-refractivity contribution in [1.29, 1.82) is 0 Å². The molecule has 6 heteroatoms. The van der Waals surface area contributed by atoms with Gasteiger partial charge in [-0.15, -0.1) is 0 Å². The fourth-order valence-electron chi connectivity index (χ4n) is 1.68. The summed E-state index contributed by atoms with van der Waals surface area (Å²) in [6.07, 6.45) is 0. The largest absolute Gasteiger partial charge is 0.478 e. The van der Waals surface area contributed by atoms with Crippen LogP contribution in [0.15, 0.2) is 40.9 Å². The zero-order valence-corrected chi connectivity index (χ0v) is 11.7. The molecule has 2 N–H and O–H groups in total. The van der Waals surface area contributed by atoms with Gasteiger partial charge in [-0.3, -0.25) is 0 Å². The molecule has 3 nitrogen and oxygen atoms in total. The van der Waals surface area contributed by atoms with Gasteiger partial charge in [0.05, 0.1) is 5.56 Å². The van der Waals surface area contributed by atoms with Gasteiger partial charge >= 0.3 is 5.97 Å². The molecule has 0 atom stereocenters. The summed E-state index contributed by atoms with van der Waals surface area (Å²) in [6, 6.07) is 8.16. The molecule has 0 aromatic heterocycles. The second-order valence-electron chi connectivity index (χ2n) is 4.09. The second kappa shape index (κ2) is 6.00. The molecular weight excluding hydrogens is 332 g/mol. The van der Waals surface area contributed by atoms with Gasteiger partial charge < -0.3 is 10.4 Å². The lowest BCUT2D eigenvalue weighted by Gasteiger charge is -2.09. The summed E-state index contributed by atoms with van der Waals surface area (Å²) in [6.45, 7) is 0.163. The van der Waals surface area contributed by atoms with E-state index in [-0.39, 0.29) is 12.4 Å². The average Bonchev–Trinajstić information content (AvgIpc) is 2.41. The van der Waals surface area contributed by atoms with Crippen LogP contribution < -0.4 is 5.32 Å². The molecule has 2 aromatic rings. The van der Waals surface area contributed by atoms with Crippen molar-refractivity contribution in [1.82, 2.24) is 0 Å². The molecule has 0 heterocycles. The summed E-state index contributed by atoms with van der Waals surface area (Å²) >= 11 is 3.24. The summed E-state index contributed by atoms with van der Waals surface area (Å²) in [7, 11) is 0. The third-order valence-electron chi connectivity index (χ3n) is 2.69. The summed E-state index contributed by atoms with van der Waals surface area (Å²) in [5.41, 5.74) is 0.397. The van der Waals surface area contributed by atoms with E-state index in [1.807, 2.05) is 0 Å². The van der Waals surface area contributed by atoms with E-state index in [9.17, 15) is 13.6 Å². The second-order valence-corrected chi connectivity index (χ2v) is 5.00. The van der Waals surface area contributed by atoms with Gasteiger partial charge in [-0.05, 0) is 36.4 Å². The zero-order valence-electron chi connectivity index (χ0n) is 10.2. The highest BCUT2D eigenvalue weighted by Crippen LogP contribution is 2.19. The molecule has 0 aliphatic heterocycles. The van der Waals surface area contributed by atoms with Gasteiger partial charge in [0, 0.05) is 22.3 Å². The molecule has 0 saturated carbocycles. The van der Waals surface area contributed by atoms with Crippen LogP contribution in [0.1, 0.15) is 15.9 Å². The Morgan fingerprint density at radius 2 is 1.85 bits per heavy atom. The molecule has 2 rings (SSSR count). The van der Waals surface area contributed by atoms with Gasteiger partial charge in [0.15, 0.2) is 0 Å². The van der Waals surface area contributed by atoms with Gasteiger partial charge in [0.2, 0.25) is 0 Å². The highest BCUT2D eigenvalue weighted by molar-refractivity contribution is 9.10. The SMILES string of the molecule is O=C(O)c1cc(NCc2cc(Br)ccc2F)ccc1F. The Bertz CT molecular complexity index is 662. The van der Waals surface area contributed by atoms with Crippen molar-refractivity contribution in [3.63, 3.8) is 0 Å². The van der Waals surface area contributed by atoms with E-state index in [1.54, 1.807) is 12.1 Å². The summed E-state index contributed by atoms with van der Waals surface area (Å²) in [5, 5.41) is 11.7. The van der Waals surface area contributed by atoms with Crippen LogP contribution in [0.4, 0.5) is 14.5 Å². The summed E-state index contributed by atoms with van der Waals surface area (Å²) < 4.78 is 27.5. The first kappa shape index (κ1) is 14.5. The Morgan fingerprint density at radius 1 is 1.15 bits per heavy atom. The van der Waals surface area contributed by atoms with Crippen molar-refractivity contribution < 1.29 is 18.7 Å². The predicted octanol–water partition coefficient (Wildman–Crippen LogP) is 4.04. The van der Waals surface area contributed by atoms with Gasteiger partial charge in [0.25, 0.3) is 0 Å². The molecule has 0 radical (unpaired) electrons. The number of hydrogen-bond donors (Lipinski definition) is 2. The molecule has 0 amide bonds. The molecule has 0 aliphatic rings. The van der Waals surface area contributed by atoms with E-state index in [2.05, 4.69) is 21.2 Å². The maximum Gasteiger partial charge on any atom is 0.338 e. The number of carboxylic acids is 1. The summed E-state index contributed by atoms with van der Waals surface area (Å²) in [4.78, 5) is 10.8. The van der Waals surface area contributed by atoms with E-state index in [1.165, 1.54) is 18.2 Å². The minimum absolute atomic E-state index is 0.163. The minimum atomic E-state index is -1.35. The molecule has 2 aromatic carbocycles. The smallest absolute Gasteiger partial charge is 0.338 e. The highest BCUT2D eigenvalue weighted by Gasteiger charge is 2.11. The monoisotopic (exact) mass is 341 g/mol. The van der Waals surface area contributed by atoms with Gasteiger partial charge in [-0.25, -0.2) is 13.6 Å². The third kappa shape index (κ3) is 3.33. The van der Waals surface area contributed by atoms with Crippen molar-refractivity contribution in [3.05, 3.63) is 63.6 Å². The number of carbonyl (C=O) groups is 1. The van der Waals surface area contributed by atoms with Crippen LogP contribution in [0.2, 0.25) is 0 Å². The van der Waals surface area contributed by atoms with E-state index in [0.29, 0.717) is 11.3 Å². The Hall–Kier alpha value is -1.95. The normalized spacial score (nSPS) is 10.3. The first-order valence-corrected chi connectivity index (χ1v) is 6.47. The quantitative estimate of drug-likeness (QED) is 0.882. The predicted molar refractivity (Wildman–Crippen MR) is 74.8 cm³/mol. The number of nitrogens with one attached hydrogen (secondary N) is 1. The van der Waals surface area contributed by atoms with Crippen LogP contribution in [0.25, 0.3) is 0 Å². The first-order chi connectivity index (χ1) is 9.47. The average molecular weight is 342 g/mol. The van der Waals surface area contributed by atoms with Crippen molar-refractivity contribution in [2.24, 2.45) is 0 Å². The zero-order chi connectivity index (χ0) is 14.7. The number of hydrogen-bond acceptors (Lipinski definition) is 2. The molecule has 20 heavy (non-hydrogen) atoms. The lowest BCUT2D eigenvalue weighted by Crippen LogP contribution is -2.05.